The van der Waals surface area contributed by atoms with E-state index in [4.69, 9.17) is 23.2 Å². The van der Waals surface area contributed by atoms with Gasteiger partial charge in [0.1, 0.15) is 0 Å². The Kier molecular flexibility index (Phi) is 8.02. The molecule has 0 aliphatic carbocycles. The molecule has 2 heteroatoms. The van der Waals surface area contributed by atoms with E-state index in [0.29, 0.717) is 5.38 Å². The smallest absolute Gasteiger partial charge is 0.0348 e. The van der Waals surface area contributed by atoms with Crippen LogP contribution in [0.2, 0.25) is 0 Å². The Balaban J connectivity index is 0.000000364. The van der Waals surface area contributed by atoms with E-state index in [1.165, 1.54) is 5.56 Å². The quantitative estimate of drug-likeness (QED) is 0.660. The van der Waals surface area contributed by atoms with Crippen LogP contribution in [0.25, 0.3) is 0 Å². The molecule has 0 N–H and O–H groups in total. The van der Waals surface area contributed by atoms with Crippen molar-refractivity contribution in [1.29, 1.82) is 0 Å². The second-order valence-corrected chi connectivity index (χ2v) is 5.10. The average Bonchev–Trinajstić information content (AvgIpc) is 2.03. The van der Waals surface area contributed by atoms with Crippen LogP contribution >= 0.6 is 23.2 Å². The Morgan fingerprint density at radius 2 is 1.43 bits per heavy atom. The summed E-state index contributed by atoms with van der Waals surface area (Å²) in [6.07, 6.45) is 0.961. The molecule has 80 valence electrons. The number of hydrogen-bond acceptors (Lipinski definition) is 0. The van der Waals surface area contributed by atoms with Gasteiger partial charge in [-0.15, -0.1) is 23.2 Å². The number of alkyl halides is 2. The fourth-order valence-electron chi connectivity index (χ4n) is 0.939. The first-order chi connectivity index (χ1) is 6.52. The highest BCUT2D eigenvalue weighted by molar-refractivity contribution is 6.20. The first-order valence-electron chi connectivity index (χ1n) is 4.84. The Labute approximate surface area is 97.2 Å². The second kappa shape index (κ2) is 8.14. The zero-order valence-corrected chi connectivity index (χ0v) is 10.5. The van der Waals surface area contributed by atoms with Crippen LogP contribution in [0.1, 0.15) is 26.3 Å². The van der Waals surface area contributed by atoms with Gasteiger partial charge in [-0.25, -0.2) is 0 Å². The summed E-state index contributed by atoms with van der Waals surface area (Å²) in [5.41, 5.74) is 1.31. The summed E-state index contributed by atoms with van der Waals surface area (Å²) in [5, 5.41) is 0.544. The van der Waals surface area contributed by atoms with E-state index in [0.717, 1.165) is 6.42 Å². The first-order valence-corrected chi connectivity index (χ1v) is 5.71. The predicted octanol–water partition coefficient (Wildman–Crippen LogP) is 4.49. The molecule has 1 unspecified atom stereocenters. The fraction of sp³-hybridized carbons (Fsp3) is 0.500. The monoisotopic (exact) mass is 232 g/mol. The van der Waals surface area contributed by atoms with Gasteiger partial charge in [0.15, 0.2) is 0 Å². The van der Waals surface area contributed by atoms with Gasteiger partial charge in [-0.05, 0) is 32.8 Å². The predicted molar refractivity (Wildman–Crippen MR) is 66.5 cm³/mol. The van der Waals surface area contributed by atoms with Crippen molar-refractivity contribution >= 4 is 23.2 Å². The van der Waals surface area contributed by atoms with Crippen molar-refractivity contribution in [2.24, 2.45) is 0 Å². The molecular formula is C12H18Cl2. The summed E-state index contributed by atoms with van der Waals surface area (Å²) in [7, 11) is 0. The zero-order chi connectivity index (χ0) is 11.0. The van der Waals surface area contributed by atoms with Crippen molar-refractivity contribution in [3.8, 4) is 0 Å². The molecule has 1 aromatic carbocycles. The molecule has 0 fully saturated rings. The molecule has 0 aliphatic heterocycles. The minimum absolute atomic E-state index is 0.238. The van der Waals surface area contributed by atoms with E-state index in [2.05, 4.69) is 12.1 Å². The Morgan fingerprint density at radius 3 is 1.79 bits per heavy atom. The lowest BCUT2D eigenvalue weighted by molar-refractivity contribution is 0.931. The molecule has 0 spiro atoms. The minimum atomic E-state index is 0.238. The van der Waals surface area contributed by atoms with Gasteiger partial charge in [-0.3, -0.25) is 0 Å². The molecule has 0 radical (unpaired) electrons. The highest BCUT2D eigenvalue weighted by atomic mass is 35.5. The van der Waals surface area contributed by atoms with Gasteiger partial charge in [0.05, 0.1) is 0 Å². The van der Waals surface area contributed by atoms with Crippen molar-refractivity contribution in [2.45, 2.75) is 37.9 Å². The molecular weight excluding hydrogens is 215 g/mol. The van der Waals surface area contributed by atoms with Crippen LogP contribution in [-0.2, 0) is 6.42 Å². The maximum absolute atomic E-state index is 5.81. The zero-order valence-electron chi connectivity index (χ0n) is 9.00. The molecule has 0 heterocycles. The van der Waals surface area contributed by atoms with Crippen LogP contribution in [0.4, 0.5) is 0 Å². The van der Waals surface area contributed by atoms with E-state index in [1.54, 1.807) is 0 Å². The summed E-state index contributed by atoms with van der Waals surface area (Å²) in [6, 6.07) is 10.3. The third-order valence-electron chi connectivity index (χ3n) is 1.36. The molecule has 0 nitrogen and oxygen atoms in total. The Hall–Kier alpha value is -0.200. The van der Waals surface area contributed by atoms with E-state index in [9.17, 15) is 0 Å². The normalized spacial score (nSPS) is 11.9. The molecule has 0 saturated heterocycles. The summed E-state index contributed by atoms with van der Waals surface area (Å²) >= 11 is 11.1. The van der Waals surface area contributed by atoms with Gasteiger partial charge in [-0.1, -0.05) is 30.3 Å². The van der Waals surface area contributed by atoms with Gasteiger partial charge in [-0.2, -0.15) is 0 Å². The van der Waals surface area contributed by atoms with Crippen LogP contribution in [-0.4, -0.2) is 10.8 Å². The second-order valence-electron chi connectivity index (χ2n) is 3.48. The summed E-state index contributed by atoms with van der Waals surface area (Å²) in [5.74, 6) is 0. The van der Waals surface area contributed by atoms with Crippen LogP contribution in [0.3, 0.4) is 0 Å². The van der Waals surface area contributed by atoms with Crippen molar-refractivity contribution < 1.29 is 0 Å². The van der Waals surface area contributed by atoms with E-state index in [1.807, 2.05) is 39.0 Å². The maximum Gasteiger partial charge on any atom is 0.0348 e. The topological polar surface area (TPSA) is 0 Å². The van der Waals surface area contributed by atoms with Crippen LogP contribution in [0.5, 0.6) is 0 Å². The van der Waals surface area contributed by atoms with Gasteiger partial charge in [0, 0.05) is 10.8 Å². The van der Waals surface area contributed by atoms with Gasteiger partial charge in [0.2, 0.25) is 0 Å². The molecule has 1 aromatic rings. The summed E-state index contributed by atoms with van der Waals surface area (Å²) < 4.78 is 0. The molecule has 0 aliphatic rings. The van der Waals surface area contributed by atoms with E-state index in [-0.39, 0.29) is 5.38 Å². The Morgan fingerprint density at radius 1 is 1.00 bits per heavy atom. The molecule has 14 heavy (non-hydrogen) atoms. The molecule has 0 amide bonds. The highest BCUT2D eigenvalue weighted by Crippen LogP contribution is 2.06. The van der Waals surface area contributed by atoms with Crippen molar-refractivity contribution in [2.75, 3.05) is 0 Å². The van der Waals surface area contributed by atoms with E-state index < -0.39 is 0 Å². The van der Waals surface area contributed by atoms with Crippen LogP contribution in [0.15, 0.2) is 30.3 Å². The average molecular weight is 233 g/mol. The molecule has 1 rings (SSSR count). The summed E-state index contributed by atoms with van der Waals surface area (Å²) in [4.78, 5) is 0. The fourth-order valence-corrected chi connectivity index (χ4v) is 1.12. The standard InChI is InChI=1S/C9H11Cl.C3H7Cl/c1-8(10)7-9-5-3-2-4-6-9;1-3(2)4/h2-6,8H,7H2,1H3;3H,1-2H3. The lowest BCUT2D eigenvalue weighted by atomic mass is 10.1. The third-order valence-corrected chi connectivity index (χ3v) is 1.51. The maximum atomic E-state index is 5.81. The third kappa shape index (κ3) is 9.88. The van der Waals surface area contributed by atoms with Gasteiger partial charge >= 0.3 is 0 Å². The number of rotatable bonds is 2. The van der Waals surface area contributed by atoms with E-state index >= 15 is 0 Å². The number of hydrogen-bond donors (Lipinski definition) is 0. The molecule has 0 aromatic heterocycles. The molecule has 0 bridgehead atoms. The summed E-state index contributed by atoms with van der Waals surface area (Å²) in [6.45, 7) is 5.87. The SMILES string of the molecule is CC(C)Cl.CC(Cl)Cc1ccccc1. The number of halogens is 2. The lowest BCUT2D eigenvalue weighted by Crippen LogP contribution is -1.95. The largest absolute Gasteiger partial charge is 0.124 e. The Bertz CT molecular complexity index is 214. The van der Waals surface area contributed by atoms with Crippen molar-refractivity contribution in [3.05, 3.63) is 35.9 Å². The lowest BCUT2D eigenvalue weighted by Gasteiger charge is -2.00. The van der Waals surface area contributed by atoms with Crippen molar-refractivity contribution in [3.63, 3.8) is 0 Å². The number of benzene rings is 1. The molecule has 1 atom stereocenters. The van der Waals surface area contributed by atoms with Gasteiger partial charge in [0.25, 0.3) is 0 Å². The molecule has 0 saturated carbocycles. The minimum Gasteiger partial charge on any atom is -0.124 e. The van der Waals surface area contributed by atoms with Crippen LogP contribution < -0.4 is 0 Å². The first kappa shape index (κ1) is 13.8. The highest BCUT2D eigenvalue weighted by Gasteiger charge is 1.96. The van der Waals surface area contributed by atoms with Crippen molar-refractivity contribution in [1.82, 2.24) is 0 Å². The van der Waals surface area contributed by atoms with Gasteiger partial charge < -0.3 is 0 Å². The van der Waals surface area contributed by atoms with Crippen LogP contribution in [0, 0.1) is 0 Å².